The maximum Gasteiger partial charge on any atom is 0.311 e. The number of amides is 1. The van der Waals surface area contributed by atoms with Gasteiger partial charge >= 0.3 is 5.97 Å². The lowest BCUT2D eigenvalue weighted by Gasteiger charge is -2.21. The van der Waals surface area contributed by atoms with Gasteiger partial charge in [-0.25, -0.2) is 4.68 Å². The number of nitrogens with zero attached hydrogens (tertiary/aromatic N) is 2. The van der Waals surface area contributed by atoms with Gasteiger partial charge in [-0.2, -0.15) is 0 Å². The van der Waals surface area contributed by atoms with E-state index in [-0.39, 0.29) is 23.9 Å². The van der Waals surface area contributed by atoms with E-state index in [0.717, 1.165) is 18.6 Å². The summed E-state index contributed by atoms with van der Waals surface area (Å²) >= 11 is 0. The second-order valence-electron chi connectivity index (χ2n) is 7.00. The van der Waals surface area contributed by atoms with E-state index in [1.807, 2.05) is 17.0 Å². The molecule has 8 heteroatoms. The van der Waals surface area contributed by atoms with E-state index in [1.165, 1.54) is 17.9 Å². The van der Waals surface area contributed by atoms with Crippen molar-refractivity contribution in [1.29, 1.82) is 0 Å². The van der Waals surface area contributed by atoms with Gasteiger partial charge in [-0.3, -0.25) is 19.5 Å². The SMILES string of the molecule is COC(=O)Cc1cc(=O)n(-c2ccc(C(=O)N(Cc3ccco3)C3CC3)cc2)[nH]1. The highest BCUT2D eigenvalue weighted by atomic mass is 16.5. The van der Waals surface area contributed by atoms with Gasteiger partial charge in [-0.1, -0.05) is 0 Å². The normalized spacial score (nSPS) is 13.3. The molecule has 150 valence electrons. The van der Waals surface area contributed by atoms with Gasteiger partial charge in [-0.15, -0.1) is 0 Å². The number of nitrogens with one attached hydrogen (secondary N) is 1. The van der Waals surface area contributed by atoms with Crippen LogP contribution < -0.4 is 5.56 Å². The van der Waals surface area contributed by atoms with Crippen molar-refractivity contribution in [3.05, 3.63) is 76.1 Å². The monoisotopic (exact) mass is 395 g/mol. The lowest BCUT2D eigenvalue weighted by molar-refractivity contribution is -0.139. The number of rotatable bonds is 7. The average Bonchev–Trinajstić information content (AvgIpc) is 3.31. The first-order valence-electron chi connectivity index (χ1n) is 9.36. The number of esters is 1. The Morgan fingerprint density at radius 1 is 1.24 bits per heavy atom. The van der Waals surface area contributed by atoms with E-state index >= 15 is 0 Å². The molecular weight excluding hydrogens is 374 g/mol. The molecule has 0 radical (unpaired) electrons. The Bertz CT molecular complexity index is 1060. The number of furan rings is 1. The van der Waals surface area contributed by atoms with E-state index in [1.54, 1.807) is 30.5 Å². The number of hydrogen-bond donors (Lipinski definition) is 1. The van der Waals surface area contributed by atoms with E-state index in [2.05, 4.69) is 9.84 Å². The van der Waals surface area contributed by atoms with Crippen molar-refractivity contribution < 1.29 is 18.7 Å². The van der Waals surface area contributed by atoms with Crippen LogP contribution in [0.4, 0.5) is 0 Å². The molecule has 1 N–H and O–H groups in total. The molecule has 0 atom stereocenters. The quantitative estimate of drug-likeness (QED) is 0.619. The summed E-state index contributed by atoms with van der Waals surface area (Å²) in [5.74, 6) is 0.245. The van der Waals surface area contributed by atoms with Gasteiger partial charge in [0, 0.05) is 23.4 Å². The van der Waals surface area contributed by atoms with Gasteiger partial charge in [0.25, 0.3) is 11.5 Å². The fourth-order valence-corrected chi connectivity index (χ4v) is 3.20. The maximum atomic E-state index is 13.0. The highest BCUT2D eigenvalue weighted by molar-refractivity contribution is 5.94. The third-order valence-electron chi connectivity index (χ3n) is 4.86. The molecule has 0 unspecified atom stereocenters. The van der Waals surface area contributed by atoms with E-state index in [4.69, 9.17) is 4.42 Å². The molecule has 1 aliphatic carbocycles. The zero-order chi connectivity index (χ0) is 20.4. The van der Waals surface area contributed by atoms with Gasteiger partial charge < -0.3 is 14.1 Å². The van der Waals surface area contributed by atoms with Crippen molar-refractivity contribution >= 4 is 11.9 Å². The Labute approximate surface area is 166 Å². The molecule has 0 saturated heterocycles. The van der Waals surface area contributed by atoms with E-state index in [9.17, 15) is 14.4 Å². The molecule has 1 aliphatic rings. The summed E-state index contributed by atoms with van der Waals surface area (Å²) in [6.07, 6.45) is 3.57. The number of methoxy groups -OCH3 is 1. The van der Waals surface area contributed by atoms with Gasteiger partial charge in [0.05, 0.1) is 32.0 Å². The topological polar surface area (TPSA) is 97.5 Å². The summed E-state index contributed by atoms with van der Waals surface area (Å²) in [5.41, 5.74) is 1.29. The second kappa shape index (κ2) is 7.83. The highest BCUT2D eigenvalue weighted by Crippen LogP contribution is 2.30. The number of carbonyl (C=O) groups excluding carboxylic acids is 2. The molecule has 0 bridgehead atoms. The molecule has 2 heterocycles. The van der Waals surface area contributed by atoms with Crippen LogP contribution in [0.15, 0.2) is 57.9 Å². The summed E-state index contributed by atoms with van der Waals surface area (Å²) < 4.78 is 11.3. The van der Waals surface area contributed by atoms with Gasteiger partial charge in [0.15, 0.2) is 0 Å². The van der Waals surface area contributed by atoms with Crippen LogP contribution in [-0.4, -0.2) is 39.7 Å². The van der Waals surface area contributed by atoms with Crippen molar-refractivity contribution in [3.8, 4) is 5.69 Å². The van der Waals surface area contributed by atoms with Crippen molar-refractivity contribution in [2.24, 2.45) is 0 Å². The molecule has 4 rings (SSSR count). The van der Waals surface area contributed by atoms with Crippen molar-refractivity contribution in [3.63, 3.8) is 0 Å². The minimum absolute atomic E-state index is 0.0154. The predicted octanol–water partition coefficient (Wildman–Crippen LogP) is 2.28. The summed E-state index contributed by atoms with van der Waals surface area (Å²) in [4.78, 5) is 38.4. The second-order valence-corrected chi connectivity index (χ2v) is 7.00. The van der Waals surface area contributed by atoms with Crippen LogP contribution in [0.1, 0.15) is 34.7 Å². The summed E-state index contributed by atoms with van der Waals surface area (Å²) in [5, 5.41) is 2.89. The number of carbonyl (C=O) groups is 2. The Morgan fingerprint density at radius 2 is 2.00 bits per heavy atom. The van der Waals surface area contributed by atoms with Gasteiger partial charge in [0.1, 0.15) is 5.76 Å². The molecule has 2 aromatic heterocycles. The minimum Gasteiger partial charge on any atom is -0.469 e. The van der Waals surface area contributed by atoms with Crippen molar-refractivity contribution in [2.75, 3.05) is 7.11 Å². The minimum atomic E-state index is -0.434. The molecule has 0 aliphatic heterocycles. The Morgan fingerprint density at radius 3 is 2.62 bits per heavy atom. The number of aromatic nitrogens is 2. The third kappa shape index (κ3) is 4.16. The van der Waals surface area contributed by atoms with Crippen LogP contribution >= 0.6 is 0 Å². The van der Waals surface area contributed by atoms with Gasteiger partial charge in [-0.05, 0) is 49.2 Å². The summed E-state index contributed by atoms with van der Waals surface area (Å²) in [6, 6.07) is 12.0. The summed E-state index contributed by atoms with van der Waals surface area (Å²) in [7, 11) is 1.30. The van der Waals surface area contributed by atoms with Crippen LogP contribution in [0.25, 0.3) is 5.69 Å². The number of hydrogen-bond acceptors (Lipinski definition) is 5. The van der Waals surface area contributed by atoms with Gasteiger partial charge in [0.2, 0.25) is 0 Å². The van der Waals surface area contributed by atoms with Crippen LogP contribution in [-0.2, 0) is 22.5 Å². The number of ether oxygens (including phenoxy) is 1. The van der Waals surface area contributed by atoms with Crippen LogP contribution in [0.3, 0.4) is 0 Å². The molecule has 1 fully saturated rings. The molecular formula is C21H21N3O5. The van der Waals surface area contributed by atoms with Crippen molar-refractivity contribution in [2.45, 2.75) is 31.8 Å². The highest BCUT2D eigenvalue weighted by Gasteiger charge is 2.33. The number of H-pyrrole nitrogens is 1. The first-order valence-corrected chi connectivity index (χ1v) is 9.36. The first-order chi connectivity index (χ1) is 14.0. The fraction of sp³-hybridized carbons (Fsp3) is 0.286. The lowest BCUT2D eigenvalue weighted by atomic mass is 10.1. The predicted molar refractivity (Wildman–Crippen MR) is 104 cm³/mol. The zero-order valence-electron chi connectivity index (χ0n) is 16.0. The average molecular weight is 395 g/mol. The van der Waals surface area contributed by atoms with Crippen LogP contribution in [0.5, 0.6) is 0 Å². The van der Waals surface area contributed by atoms with Crippen molar-refractivity contribution in [1.82, 2.24) is 14.7 Å². The summed E-state index contributed by atoms with van der Waals surface area (Å²) in [6.45, 7) is 0.436. The molecule has 3 aromatic rings. The van der Waals surface area contributed by atoms with Crippen LogP contribution in [0, 0.1) is 0 Å². The van der Waals surface area contributed by atoms with Crippen LogP contribution in [0.2, 0.25) is 0 Å². The Kier molecular flexibility index (Phi) is 5.07. The lowest BCUT2D eigenvalue weighted by Crippen LogP contribution is -2.32. The Hall–Kier alpha value is -3.55. The Balaban J connectivity index is 1.52. The maximum absolute atomic E-state index is 13.0. The first kappa shape index (κ1) is 18.8. The van der Waals surface area contributed by atoms with E-state index < -0.39 is 5.97 Å². The molecule has 0 spiro atoms. The third-order valence-corrected chi connectivity index (χ3v) is 4.86. The smallest absolute Gasteiger partial charge is 0.311 e. The largest absolute Gasteiger partial charge is 0.469 e. The molecule has 29 heavy (non-hydrogen) atoms. The molecule has 8 nitrogen and oxygen atoms in total. The number of benzene rings is 1. The van der Waals surface area contributed by atoms with E-state index in [0.29, 0.717) is 23.5 Å². The number of aromatic amines is 1. The molecule has 1 saturated carbocycles. The zero-order valence-corrected chi connectivity index (χ0v) is 16.0. The fourth-order valence-electron chi connectivity index (χ4n) is 3.20. The standard InChI is InChI=1S/C21H21N3O5/c1-28-20(26)12-15-11-19(25)24(22-15)17-6-4-14(5-7-17)21(27)23(16-8-9-16)13-18-3-2-10-29-18/h2-7,10-11,16,22H,8-9,12-13H2,1H3. The molecule has 1 amide bonds. The molecule has 1 aromatic carbocycles.